The molecular formula is C20H21FN2O5S. The third-order valence-electron chi connectivity index (χ3n) is 4.33. The molecule has 0 saturated carbocycles. The van der Waals surface area contributed by atoms with Crippen molar-refractivity contribution >= 4 is 27.7 Å². The van der Waals surface area contributed by atoms with Gasteiger partial charge in [0.05, 0.1) is 30.9 Å². The third kappa shape index (κ3) is 5.20. The van der Waals surface area contributed by atoms with Crippen molar-refractivity contribution < 1.29 is 27.1 Å². The van der Waals surface area contributed by atoms with Crippen molar-refractivity contribution in [1.29, 1.82) is 0 Å². The molecule has 0 unspecified atom stereocenters. The van der Waals surface area contributed by atoms with Crippen LogP contribution in [0.25, 0.3) is 6.08 Å². The number of hydrogen-bond donors (Lipinski definition) is 1. The molecule has 2 aromatic carbocycles. The van der Waals surface area contributed by atoms with Crippen LogP contribution in [0.5, 0.6) is 5.75 Å². The molecular weight excluding hydrogens is 399 g/mol. The van der Waals surface area contributed by atoms with Gasteiger partial charge in [-0.3, -0.25) is 4.79 Å². The molecule has 1 saturated heterocycles. The summed E-state index contributed by atoms with van der Waals surface area (Å²) in [5, 5.41) is 2.63. The van der Waals surface area contributed by atoms with Crippen LogP contribution >= 0.6 is 0 Å². The molecule has 1 N–H and O–H groups in total. The van der Waals surface area contributed by atoms with E-state index < -0.39 is 15.9 Å². The Morgan fingerprint density at radius 2 is 1.86 bits per heavy atom. The maximum absolute atomic E-state index is 12.9. The Bertz CT molecular complexity index is 1000. The van der Waals surface area contributed by atoms with Gasteiger partial charge in [-0.25, -0.2) is 12.8 Å². The summed E-state index contributed by atoms with van der Waals surface area (Å²) in [5.74, 6) is -0.516. The van der Waals surface area contributed by atoms with Crippen molar-refractivity contribution in [1.82, 2.24) is 4.31 Å². The SMILES string of the molecule is COc1ccc(S(=O)(=O)N2CCOCC2)cc1NC(=O)C=Cc1ccc(F)cc1. The molecule has 1 fully saturated rings. The molecule has 3 rings (SSSR count). The highest BCUT2D eigenvalue weighted by Crippen LogP contribution is 2.29. The zero-order valence-electron chi connectivity index (χ0n) is 15.8. The van der Waals surface area contributed by atoms with Gasteiger partial charge in [0.2, 0.25) is 15.9 Å². The molecule has 0 atom stereocenters. The molecule has 0 radical (unpaired) electrons. The fraction of sp³-hybridized carbons (Fsp3) is 0.250. The Morgan fingerprint density at radius 3 is 2.52 bits per heavy atom. The van der Waals surface area contributed by atoms with Crippen molar-refractivity contribution in [2.24, 2.45) is 0 Å². The van der Waals surface area contributed by atoms with Crippen molar-refractivity contribution in [2.75, 3.05) is 38.7 Å². The summed E-state index contributed by atoms with van der Waals surface area (Å²) < 4.78 is 50.4. The van der Waals surface area contributed by atoms with E-state index in [0.717, 1.165) is 0 Å². The van der Waals surface area contributed by atoms with Crippen LogP contribution in [0.15, 0.2) is 53.4 Å². The number of anilines is 1. The van der Waals surface area contributed by atoms with Crippen molar-refractivity contribution in [3.63, 3.8) is 0 Å². The normalized spacial score (nSPS) is 15.4. The summed E-state index contributed by atoms with van der Waals surface area (Å²) >= 11 is 0. The molecule has 1 heterocycles. The van der Waals surface area contributed by atoms with Gasteiger partial charge >= 0.3 is 0 Å². The van der Waals surface area contributed by atoms with E-state index in [0.29, 0.717) is 24.5 Å². The van der Waals surface area contributed by atoms with E-state index in [-0.39, 0.29) is 29.5 Å². The number of amides is 1. The Labute approximate surface area is 168 Å². The summed E-state index contributed by atoms with van der Waals surface area (Å²) in [6.45, 7) is 1.23. The molecule has 0 spiro atoms. The molecule has 1 aliphatic rings. The number of sulfonamides is 1. The third-order valence-corrected chi connectivity index (χ3v) is 6.23. The Balaban J connectivity index is 1.79. The van der Waals surface area contributed by atoms with E-state index >= 15 is 0 Å². The number of rotatable bonds is 6. The highest BCUT2D eigenvalue weighted by atomic mass is 32.2. The Hall–Kier alpha value is -2.75. The van der Waals surface area contributed by atoms with Crippen LogP contribution < -0.4 is 10.1 Å². The first kappa shape index (κ1) is 21.0. The number of nitrogens with one attached hydrogen (secondary N) is 1. The maximum atomic E-state index is 12.9. The van der Waals surface area contributed by atoms with Crippen LogP contribution in [-0.2, 0) is 19.6 Å². The fourth-order valence-electron chi connectivity index (χ4n) is 2.80. The van der Waals surface area contributed by atoms with Gasteiger partial charge in [-0.15, -0.1) is 0 Å². The average Bonchev–Trinajstić information content (AvgIpc) is 2.74. The lowest BCUT2D eigenvalue weighted by atomic mass is 10.2. The smallest absolute Gasteiger partial charge is 0.248 e. The van der Waals surface area contributed by atoms with Gasteiger partial charge in [0.15, 0.2) is 0 Å². The number of carbonyl (C=O) groups excluding carboxylic acids is 1. The van der Waals surface area contributed by atoms with Crippen molar-refractivity contribution in [3.05, 3.63) is 59.9 Å². The zero-order valence-corrected chi connectivity index (χ0v) is 16.6. The van der Waals surface area contributed by atoms with Gasteiger partial charge in [0.25, 0.3) is 0 Å². The van der Waals surface area contributed by atoms with Crippen LogP contribution in [0, 0.1) is 5.82 Å². The second-order valence-electron chi connectivity index (χ2n) is 6.25. The topological polar surface area (TPSA) is 84.9 Å². The van der Waals surface area contributed by atoms with Crippen LogP contribution in [0.1, 0.15) is 5.56 Å². The van der Waals surface area contributed by atoms with E-state index in [1.807, 2.05) is 0 Å². The van der Waals surface area contributed by atoms with E-state index in [1.165, 1.54) is 66.0 Å². The number of morpholine rings is 1. The first-order valence-corrected chi connectivity index (χ1v) is 10.3. The first-order valence-electron chi connectivity index (χ1n) is 8.91. The molecule has 0 aromatic heterocycles. The molecule has 7 nitrogen and oxygen atoms in total. The molecule has 2 aromatic rings. The second kappa shape index (κ2) is 9.17. The minimum atomic E-state index is -3.71. The van der Waals surface area contributed by atoms with Gasteiger partial charge in [-0.2, -0.15) is 4.31 Å². The summed E-state index contributed by atoms with van der Waals surface area (Å²) in [6.07, 6.45) is 2.80. The van der Waals surface area contributed by atoms with Crippen LogP contribution in [-0.4, -0.2) is 52.0 Å². The number of carbonyl (C=O) groups is 1. The lowest BCUT2D eigenvalue weighted by molar-refractivity contribution is -0.111. The lowest BCUT2D eigenvalue weighted by Gasteiger charge is -2.26. The largest absolute Gasteiger partial charge is 0.495 e. The minimum absolute atomic E-state index is 0.0537. The van der Waals surface area contributed by atoms with Crippen LogP contribution in [0.4, 0.5) is 10.1 Å². The highest BCUT2D eigenvalue weighted by molar-refractivity contribution is 7.89. The Morgan fingerprint density at radius 1 is 1.17 bits per heavy atom. The number of methoxy groups -OCH3 is 1. The number of benzene rings is 2. The number of hydrogen-bond acceptors (Lipinski definition) is 5. The quantitative estimate of drug-likeness (QED) is 0.726. The van der Waals surface area contributed by atoms with Crippen LogP contribution in [0.3, 0.4) is 0 Å². The predicted molar refractivity (Wildman–Crippen MR) is 107 cm³/mol. The molecule has 9 heteroatoms. The van der Waals surface area contributed by atoms with Gasteiger partial charge in [-0.05, 0) is 42.0 Å². The van der Waals surface area contributed by atoms with Crippen molar-refractivity contribution in [3.8, 4) is 5.75 Å². The van der Waals surface area contributed by atoms with Crippen LogP contribution in [0.2, 0.25) is 0 Å². The monoisotopic (exact) mass is 420 g/mol. The molecule has 0 aliphatic carbocycles. The standard InChI is InChI=1S/C20H21FN2O5S/c1-27-19-8-7-17(29(25,26)23-10-12-28-13-11-23)14-18(19)22-20(24)9-4-15-2-5-16(21)6-3-15/h2-9,14H,10-13H2,1H3,(H,22,24). The molecule has 154 valence electrons. The summed E-state index contributed by atoms with van der Waals surface area (Å²) in [5.41, 5.74) is 0.882. The predicted octanol–water partition coefficient (Wildman–Crippen LogP) is 2.51. The lowest BCUT2D eigenvalue weighted by Crippen LogP contribution is -2.40. The van der Waals surface area contributed by atoms with E-state index in [1.54, 1.807) is 0 Å². The molecule has 1 aliphatic heterocycles. The van der Waals surface area contributed by atoms with Gasteiger partial charge in [0, 0.05) is 19.2 Å². The summed E-state index contributed by atoms with van der Waals surface area (Å²) in [6, 6.07) is 9.96. The van der Waals surface area contributed by atoms with Gasteiger partial charge in [0.1, 0.15) is 11.6 Å². The number of halogens is 1. The molecule has 29 heavy (non-hydrogen) atoms. The first-order chi connectivity index (χ1) is 13.9. The van der Waals surface area contributed by atoms with E-state index in [9.17, 15) is 17.6 Å². The second-order valence-corrected chi connectivity index (χ2v) is 8.19. The number of nitrogens with zero attached hydrogens (tertiary/aromatic N) is 1. The Kier molecular flexibility index (Phi) is 6.63. The average molecular weight is 420 g/mol. The van der Waals surface area contributed by atoms with Crippen molar-refractivity contribution in [2.45, 2.75) is 4.90 Å². The van der Waals surface area contributed by atoms with Gasteiger partial charge < -0.3 is 14.8 Å². The van der Waals surface area contributed by atoms with E-state index in [4.69, 9.17) is 9.47 Å². The number of ether oxygens (including phenoxy) is 2. The maximum Gasteiger partial charge on any atom is 0.248 e. The fourth-order valence-corrected chi connectivity index (χ4v) is 4.24. The summed E-state index contributed by atoms with van der Waals surface area (Å²) in [4.78, 5) is 12.3. The van der Waals surface area contributed by atoms with E-state index in [2.05, 4.69) is 5.32 Å². The van der Waals surface area contributed by atoms with Gasteiger partial charge in [-0.1, -0.05) is 12.1 Å². The molecule has 1 amide bonds. The molecule has 0 bridgehead atoms. The zero-order chi connectivity index (χ0) is 20.9. The highest BCUT2D eigenvalue weighted by Gasteiger charge is 2.27. The minimum Gasteiger partial charge on any atom is -0.495 e. The summed E-state index contributed by atoms with van der Waals surface area (Å²) in [7, 11) is -2.29.